The molecule has 2 unspecified atom stereocenters. The van der Waals surface area contributed by atoms with Crippen LogP contribution < -0.4 is 10.9 Å². The fourth-order valence-corrected chi connectivity index (χ4v) is 3.80. The summed E-state index contributed by atoms with van der Waals surface area (Å²) < 4.78 is 5.36. The van der Waals surface area contributed by atoms with Gasteiger partial charge in [0, 0.05) is 6.07 Å². The molecule has 1 amide bonds. The molecule has 0 spiro atoms. The SMILES string of the molecule is O=C1C(=Cc2ccccc2[N+](=O)[O-])SC2NNC(c3ccco3)N12. The average molecular weight is 344 g/mol. The zero-order valence-electron chi connectivity index (χ0n) is 12.2. The zero-order chi connectivity index (χ0) is 16.7. The van der Waals surface area contributed by atoms with Crippen LogP contribution in [0.15, 0.2) is 52.0 Å². The number of nitrogens with one attached hydrogen (secondary N) is 2. The van der Waals surface area contributed by atoms with Gasteiger partial charge in [-0.05, 0) is 24.3 Å². The Morgan fingerprint density at radius 2 is 2.08 bits per heavy atom. The number of para-hydroxylation sites is 1. The van der Waals surface area contributed by atoms with E-state index in [4.69, 9.17) is 4.42 Å². The van der Waals surface area contributed by atoms with Crippen molar-refractivity contribution in [1.82, 2.24) is 15.8 Å². The molecule has 0 radical (unpaired) electrons. The number of carbonyl (C=O) groups is 1. The lowest BCUT2D eigenvalue weighted by Gasteiger charge is -2.18. The summed E-state index contributed by atoms with van der Waals surface area (Å²) in [4.78, 5) is 25.4. The van der Waals surface area contributed by atoms with Crippen molar-refractivity contribution in [3.05, 3.63) is 69.0 Å². The average Bonchev–Trinajstić information content (AvgIpc) is 3.27. The number of hydrazine groups is 1. The summed E-state index contributed by atoms with van der Waals surface area (Å²) in [6.45, 7) is 0. The van der Waals surface area contributed by atoms with E-state index in [9.17, 15) is 14.9 Å². The number of hydrogen-bond acceptors (Lipinski definition) is 7. The van der Waals surface area contributed by atoms with Crippen molar-refractivity contribution in [3.63, 3.8) is 0 Å². The number of thioether (sulfide) groups is 1. The molecule has 0 bridgehead atoms. The molecule has 0 saturated carbocycles. The van der Waals surface area contributed by atoms with Gasteiger partial charge in [-0.2, -0.15) is 0 Å². The smallest absolute Gasteiger partial charge is 0.276 e. The van der Waals surface area contributed by atoms with E-state index in [-0.39, 0.29) is 17.1 Å². The fraction of sp³-hybridized carbons (Fsp3) is 0.133. The Hall–Kier alpha value is -2.62. The normalized spacial score (nSPS) is 24.6. The van der Waals surface area contributed by atoms with Crippen molar-refractivity contribution < 1.29 is 14.1 Å². The number of furan rings is 1. The number of benzene rings is 1. The lowest BCUT2D eigenvalue weighted by Crippen LogP contribution is -2.32. The molecule has 9 heteroatoms. The Morgan fingerprint density at radius 3 is 2.83 bits per heavy atom. The number of carbonyl (C=O) groups excluding carboxylic acids is 1. The number of amides is 1. The number of fused-ring (bicyclic) bond motifs is 1. The van der Waals surface area contributed by atoms with Crippen LogP contribution in [0.2, 0.25) is 0 Å². The number of nitro groups is 1. The maximum atomic E-state index is 12.7. The van der Waals surface area contributed by atoms with Crippen molar-refractivity contribution in [3.8, 4) is 0 Å². The molecule has 1 aromatic carbocycles. The Balaban J connectivity index is 1.66. The molecule has 0 aliphatic carbocycles. The van der Waals surface area contributed by atoms with E-state index in [0.29, 0.717) is 16.2 Å². The van der Waals surface area contributed by atoms with Crippen LogP contribution in [0, 0.1) is 10.1 Å². The molecule has 8 nitrogen and oxygen atoms in total. The Bertz CT molecular complexity index is 836. The predicted molar refractivity (Wildman–Crippen MR) is 87.0 cm³/mol. The molecule has 2 N–H and O–H groups in total. The molecule has 24 heavy (non-hydrogen) atoms. The fourth-order valence-electron chi connectivity index (χ4n) is 2.70. The van der Waals surface area contributed by atoms with Crippen LogP contribution in [-0.2, 0) is 4.79 Å². The lowest BCUT2D eigenvalue weighted by atomic mass is 10.1. The molecule has 1 aromatic heterocycles. The van der Waals surface area contributed by atoms with Crippen molar-refractivity contribution in [2.75, 3.05) is 0 Å². The molecule has 3 heterocycles. The minimum atomic E-state index is -0.455. The highest BCUT2D eigenvalue weighted by molar-refractivity contribution is 8.05. The highest BCUT2D eigenvalue weighted by atomic mass is 32.2. The van der Waals surface area contributed by atoms with Gasteiger partial charge in [-0.1, -0.05) is 23.9 Å². The summed E-state index contributed by atoms with van der Waals surface area (Å²) >= 11 is 1.31. The Labute approximate surface area is 140 Å². The monoisotopic (exact) mass is 344 g/mol. The Kier molecular flexibility index (Phi) is 3.60. The van der Waals surface area contributed by atoms with Gasteiger partial charge < -0.3 is 4.42 Å². The third-order valence-electron chi connectivity index (χ3n) is 3.79. The van der Waals surface area contributed by atoms with Crippen LogP contribution in [0.3, 0.4) is 0 Å². The van der Waals surface area contributed by atoms with E-state index in [1.54, 1.807) is 47.6 Å². The van der Waals surface area contributed by atoms with Gasteiger partial charge >= 0.3 is 0 Å². The molecule has 2 fully saturated rings. The molecule has 2 aliphatic heterocycles. The van der Waals surface area contributed by atoms with Crippen LogP contribution in [0.4, 0.5) is 5.69 Å². The van der Waals surface area contributed by atoms with E-state index in [1.807, 2.05) is 0 Å². The first-order chi connectivity index (χ1) is 11.6. The molecule has 122 valence electrons. The molecule has 2 aliphatic rings. The second kappa shape index (κ2) is 5.78. The van der Waals surface area contributed by atoms with Crippen molar-refractivity contribution in [2.45, 2.75) is 11.7 Å². The van der Waals surface area contributed by atoms with Gasteiger partial charge in [0.15, 0.2) is 6.17 Å². The van der Waals surface area contributed by atoms with Crippen LogP contribution in [0.1, 0.15) is 17.5 Å². The highest BCUT2D eigenvalue weighted by Gasteiger charge is 2.46. The van der Waals surface area contributed by atoms with E-state index in [1.165, 1.54) is 17.8 Å². The summed E-state index contributed by atoms with van der Waals surface area (Å²) in [5.74, 6) is 0.410. The quantitative estimate of drug-likeness (QED) is 0.500. The first-order valence-corrected chi connectivity index (χ1v) is 8.02. The highest BCUT2D eigenvalue weighted by Crippen LogP contribution is 2.42. The van der Waals surface area contributed by atoms with E-state index in [0.717, 1.165) is 0 Å². The minimum Gasteiger partial charge on any atom is -0.466 e. The van der Waals surface area contributed by atoms with Crippen LogP contribution in [-0.4, -0.2) is 21.2 Å². The summed E-state index contributed by atoms with van der Waals surface area (Å²) in [5.41, 5.74) is 6.12. The standard InChI is InChI=1S/C15H12N4O4S/c20-14-12(8-9-4-1-2-5-10(9)19(21)22)24-15-17-16-13(18(14)15)11-6-3-7-23-11/h1-8,13,15-17H. The van der Waals surface area contributed by atoms with Gasteiger partial charge in [0.1, 0.15) is 11.3 Å². The molecule has 2 saturated heterocycles. The van der Waals surface area contributed by atoms with Gasteiger partial charge in [-0.15, -0.1) is 0 Å². The van der Waals surface area contributed by atoms with E-state index in [2.05, 4.69) is 10.9 Å². The molecule has 2 aromatic rings. The first-order valence-electron chi connectivity index (χ1n) is 7.14. The summed E-state index contributed by atoms with van der Waals surface area (Å²) in [6, 6.07) is 9.88. The van der Waals surface area contributed by atoms with Gasteiger partial charge in [0.25, 0.3) is 11.6 Å². The number of nitrogens with zero attached hydrogens (tertiary/aromatic N) is 2. The van der Waals surface area contributed by atoms with Crippen LogP contribution in [0.25, 0.3) is 6.08 Å². The van der Waals surface area contributed by atoms with Gasteiger partial charge in [0.05, 0.1) is 21.7 Å². The zero-order valence-corrected chi connectivity index (χ0v) is 13.0. The Morgan fingerprint density at radius 1 is 1.25 bits per heavy atom. The third kappa shape index (κ3) is 2.39. The van der Waals surface area contributed by atoms with E-state index < -0.39 is 11.1 Å². The van der Waals surface area contributed by atoms with Crippen molar-refractivity contribution in [1.29, 1.82) is 0 Å². The molecule has 4 rings (SSSR count). The first kappa shape index (κ1) is 14.9. The topological polar surface area (TPSA) is 101 Å². The maximum absolute atomic E-state index is 12.7. The van der Waals surface area contributed by atoms with Crippen LogP contribution in [0.5, 0.6) is 0 Å². The van der Waals surface area contributed by atoms with E-state index >= 15 is 0 Å². The molecule has 2 atom stereocenters. The molecular weight excluding hydrogens is 332 g/mol. The molecular formula is C15H12N4O4S. The van der Waals surface area contributed by atoms with Crippen molar-refractivity contribution >= 4 is 29.4 Å². The maximum Gasteiger partial charge on any atom is 0.276 e. The van der Waals surface area contributed by atoms with Gasteiger partial charge in [-0.25, -0.2) is 10.9 Å². The lowest BCUT2D eigenvalue weighted by molar-refractivity contribution is -0.385. The van der Waals surface area contributed by atoms with Crippen molar-refractivity contribution in [2.24, 2.45) is 0 Å². The third-order valence-corrected chi connectivity index (χ3v) is 4.91. The summed E-state index contributed by atoms with van der Waals surface area (Å²) in [6.07, 6.45) is 2.69. The largest absolute Gasteiger partial charge is 0.466 e. The second-order valence-electron chi connectivity index (χ2n) is 5.21. The number of hydrogen-bond donors (Lipinski definition) is 2. The predicted octanol–water partition coefficient (Wildman–Crippen LogP) is 2.19. The second-order valence-corrected chi connectivity index (χ2v) is 6.34. The van der Waals surface area contributed by atoms with Crippen LogP contribution >= 0.6 is 11.8 Å². The van der Waals surface area contributed by atoms with Gasteiger partial charge in [0.2, 0.25) is 0 Å². The van der Waals surface area contributed by atoms with Gasteiger partial charge in [-0.3, -0.25) is 19.8 Å². The minimum absolute atomic E-state index is 0.0286. The number of nitro benzene ring substituents is 1. The summed E-state index contributed by atoms with van der Waals surface area (Å²) in [7, 11) is 0. The summed E-state index contributed by atoms with van der Waals surface area (Å²) in [5, 5.41) is 11.1. The number of rotatable bonds is 3.